The van der Waals surface area contributed by atoms with Gasteiger partial charge < -0.3 is 19.6 Å². The van der Waals surface area contributed by atoms with Gasteiger partial charge in [-0.15, -0.1) is 0 Å². The number of aromatic hydroxyl groups is 1. The lowest BCUT2D eigenvalue weighted by Gasteiger charge is -2.59. The van der Waals surface area contributed by atoms with Gasteiger partial charge in [-0.2, -0.15) is 0 Å². The van der Waals surface area contributed by atoms with E-state index in [0.29, 0.717) is 17.7 Å². The number of piperidine rings is 1. The van der Waals surface area contributed by atoms with Crippen LogP contribution in [-0.2, 0) is 16.6 Å². The first-order chi connectivity index (χ1) is 17.2. The zero-order chi connectivity index (χ0) is 25.4. The van der Waals surface area contributed by atoms with Gasteiger partial charge >= 0.3 is 0 Å². The normalized spacial score (nSPS) is 30.1. The molecule has 2 bridgehead atoms. The van der Waals surface area contributed by atoms with Crippen LogP contribution in [0.1, 0.15) is 41.5 Å². The van der Waals surface area contributed by atoms with Crippen LogP contribution in [0.4, 0.5) is 5.69 Å². The van der Waals surface area contributed by atoms with Crippen LogP contribution in [0.25, 0.3) is 6.08 Å². The molecule has 1 saturated carbocycles. The number of nitro groups is 1. The van der Waals surface area contributed by atoms with E-state index in [-0.39, 0.29) is 46.4 Å². The molecule has 0 radical (unpaired) electrons. The van der Waals surface area contributed by atoms with E-state index in [4.69, 9.17) is 4.74 Å². The lowest BCUT2D eigenvalue weighted by atomic mass is 9.51. The summed E-state index contributed by atoms with van der Waals surface area (Å²) in [5.74, 6) is 0.370. The Morgan fingerprint density at radius 1 is 1.33 bits per heavy atom. The first kappa shape index (κ1) is 23.0. The molecule has 8 heteroatoms. The lowest BCUT2D eigenvalue weighted by Crippen LogP contribution is -2.68. The highest BCUT2D eigenvalue weighted by molar-refractivity contribution is 5.92. The number of amides is 1. The number of likely N-dealkylation sites (N-methyl/N-ethyl adjacent to an activating group) is 2. The summed E-state index contributed by atoms with van der Waals surface area (Å²) in [7, 11) is 3.91. The van der Waals surface area contributed by atoms with Gasteiger partial charge in [0.05, 0.1) is 17.0 Å². The molecule has 2 aromatic rings. The molecule has 2 fully saturated rings. The summed E-state index contributed by atoms with van der Waals surface area (Å²) in [4.78, 5) is 29.0. The molecule has 0 unspecified atom stereocenters. The van der Waals surface area contributed by atoms with Crippen LogP contribution in [0.15, 0.2) is 36.4 Å². The highest BCUT2D eigenvalue weighted by atomic mass is 16.6. The van der Waals surface area contributed by atoms with E-state index >= 15 is 0 Å². The summed E-state index contributed by atoms with van der Waals surface area (Å²) in [5, 5.41) is 22.8. The summed E-state index contributed by atoms with van der Waals surface area (Å²) in [6.07, 6.45) is 6.14. The molecule has 1 saturated heterocycles. The minimum absolute atomic E-state index is 0.0266. The van der Waals surface area contributed by atoms with Crippen molar-refractivity contribution < 1.29 is 19.6 Å². The number of hydrogen-bond acceptors (Lipinski definition) is 6. The monoisotopic (exact) mass is 489 g/mol. The van der Waals surface area contributed by atoms with Crippen molar-refractivity contribution in [3.05, 3.63) is 68.8 Å². The minimum Gasteiger partial charge on any atom is -0.504 e. The zero-order valence-electron chi connectivity index (χ0n) is 20.8. The third-order valence-corrected chi connectivity index (χ3v) is 9.17. The molecule has 8 nitrogen and oxygen atoms in total. The summed E-state index contributed by atoms with van der Waals surface area (Å²) in [5.41, 5.74) is 3.15. The van der Waals surface area contributed by atoms with Crippen molar-refractivity contribution in [2.75, 3.05) is 20.6 Å². The minimum atomic E-state index is -0.443. The van der Waals surface area contributed by atoms with Gasteiger partial charge in [-0.25, -0.2) is 0 Å². The molecular formula is C28H31N3O5. The summed E-state index contributed by atoms with van der Waals surface area (Å²) < 4.78 is 6.53. The van der Waals surface area contributed by atoms with E-state index in [1.54, 1.807) is 11.0 Å². The lowest BCUT2D eigenvalue weighted by molar-refractivity contribution is -0.385. The quantitative estimate of drug-likeness (QED) is 0.399. The third kappa shape index (κ3) is 3.13. The summed E-state index contributed by atoms with van der Waals surface area (Å²) in [6, 6.07) is 9.21. The standard InChI is InChI=1S/C28H31N3O5/c1-16-5-4-6-17(13-16)7-10-24(33)30(3)20-9-8-19-22-14-18-21(31(34)35)15-23(32)26-25(18)28(19,27(20)36-26)11-12-29(22)2/h4-7,10,13,15,19-20,22,27,32H,8-9,11-12,14H2,1-3H3/t19-,20-,22+,27-,28-/m0/s1. The molecule has 6 rings (SSSR count). The zero-order valence-corrected chi connectivity index (χ0v) is 20.8. The number of phenolic OH excluding ortho intramolecular Hbond substituents is 1. The Morgan fingerprint density at radius 2 is 2.14 bits per heavy atom. The number of aryl methyl sites for hydroxylation is 1. The van der Waals surface area contributed by atoms with Crippen LogP contribution in [0.3, 0.4) is 0 Å². The maximum atomic E-state index is 13.3. The first-order valence-electron chi connectivity index (χ1n) is 12.6. The van der Waals surface area contributed by atoms with Crippen molar-refractivity contribution in [3.8, 4) is 11.5 Å². The fourth-order valence-corrected chi connectivity index (χ4v) is 7.56. The molecule has 2 heterocycles. The molecule has 188 valence electrons. The smallest absolute Gasteiger partial charge is 0.276 e. The van der Waals surface area contributed by atoms with E-state index in [1.165, 1.54) is 6.07 Å². The van der Waals surface area contributed by atoms with Crippen molar-refractivity contribution in [1.29, 1.82) is 0 Å². The predicted octanol–water partition coefficient (Wildman–Crippen LogP) is 3.82. The van der Waals surface area contributed by atoms with Gasteiger partial charge in [0.2, 0.25) is 5.91 Å². The van der Waals surface area contributed by atoms with E-state index in [2.05, 4.69) is 11.9 Å². The molecule has 1 spiro atoms. The Hall–Kier alpha value is -3.39. The molecular weight excluding hydrogens is 458 g/mol. The first-order valence-corrected chi connectivity index (χ1v) is 12.6. The highest BCUT2D eigenvalue weighted by Gasteiger charge is 2.67. The maximum absolute atomic E-state index is 13.3. The number of nitro benzene ring substituents is 1. The Balaban J connectivity index is 1.39. The van der Waals surface area contributed by atoms with Crippen molar-refractivity contribution >= 4 is 17.7 Å². The van der Waals surface area contributed by atoms with Gasteiger partial charge in [-0.05, 0) is 63.8 Å². The van der Waals surface area contributed by atoms with E-state index in [1.807, 2.05) is 44.3 Å². The van der Waals surface area contributed by atoms with Gasteiger partial charge in [0.1, 0.15) is 6.10 Å². The number of hydrogen-bond donors (Lipinski definition) is 1. The Kier molecular flexibility index (Phi) is 5.16. The topological polar surface area (TPSA) is 96.2 Å². The van der Waals surface area contributed by atoms with Crippen molar-refractivity contribution in [1.82, 2.24) is 9.80 Å². The van der Waals surface area contributed by atoms with Crippen LogP contribution in [0.5, 0.6) is 11.5 Å². The van der Waals surface area contributed by atoms with E-state index < -0.39 is 5.41 Å². The third-order valence-electron chi connectivity index (χ3n) is 9.17. The number of ether oxygens (including phenoxy) is 1. The number of carbonyl (C=O) groups excluding carboxylic acids is 1. The number of rotatable bonds is 4. The average molecular weight is 490 g/mol. The highest BCUT2D eigenvalue weighted by Crippen LogP contribution is 2.65. The Morgan fingerprint density at radius 3 is 2.89 bits per heavy atom. The number of carbonyl (C=O) groups is 1. The predicted molar refractivity (Wildman–Crippen MR) is 135 cm³/mol. The SMILES string of the molecule is Cc1cccc(C=CC(=O)N(C)[C@H]2CC[C@H]3[C@H]4Cc5c([N+](=O)[O-])cc(O)c6c5[C@@]3(CCN4C)[C@H]2O6)c1. The molecule has 36 heavy (non-hydrogen) atoms. The molecule has 4 aliphatic rings. The van der Waals surface area contributed by atoms with Crippen molar-refractivity contribution in [2.24, 2.45) is 5.92 Å². The molecule has 0 aromatic heterocycles. The number of benzene rings is 2. The maximum Gasteiger partial charge on any atom is 0.276 e. The fraction of sp³-hybridized carbons (Fsp3) is 0.464. The van der Waals surface area contributed by atoms with Crippen LogP contribution >= 0.6 is 0 Å². The average Bonchev–Trinajstić information content (AvgIpc) is 3.20. The molecule has 1 amide bonds. The molecule has 2 aliphatic carbocycles. The number of nitrogens with zero attached hydrogens (tertiary/aromatic N) is 3. The van der Waals surface area contributed by atoms with Crippen LogP contribution in [0.2, 0.25) is 0 Å². The summed E-state index contributed by atoms with van der Waals surface area (Å²) >= 11 is 0. The fourth-order valence-electron chi connectivity index (χ4n) is 7.56. The largest absolute Gasteiger partial charge is 0.504 e. The number of phenols is 1. The van der Waals surface area contributed by atoms with Gasteiger partial charge in [0, 0.05) is 35.7 Å². The molecule has 5 atom stereocenters. The van der Waals surface area contributed by atoms with E-state index in [9.17, 15) is 20.0 Å². The molecule has 2 aromatic carbocycles. The molecule has 2 aliphatic heterocycles. The number of likely N-dealkylation sites (tertiary alicyclic amines) is 1. The van der Waals surface area contributed by atoms with E-state index in [0.717, 1.165) is 42.5 Å². The Bertz CT molecular complexity index is 1310. The van der Waals surface area contributed by atoms with Gasteiger partial charge in [-0.1, -0.05) is 29.8 Å². The van der Waals surface area contributed by atoms with Crippen molar-refractivity contribution in [3.63, 3.8) is 0 Å². The van der Waals surface area contributed by atoms with Crippen molar-refractivity contribution in [2.45, 2.75) is 56.2 Å². The van der Waals surface area contributed by atoms with Crippen LogP contribution in [-0.4, -0.2) is 64.6 Å². The van der Waals surface area contributed by atoms with Crippen LogP contribution < -0.4 is 4.74 Å². The second-order valence-corrected chi connectivity index (χ2v) is 10.9. The van der Waals surface area contributed by atoms with Crippen LogP contribution in [0, 0.1) is 23.0 Å². The second-order valence-electron chi connectivity index (χ2n) is 10.9. The molecule has 1 N–H and O–H groups in total. The van der Waals surface area contributed by atoms with Gasteiger partial charge in [0.15, 0.2) is 11.5 Å². The summed E-state index contributed by atoms with van der Waals surface area (Å²) in [6.45, 7) is 2.87. The second kappa shape index (κ2) is 8.06. The van der Waals surface area contributed by atoms with Gasteiger partial charge in [0.25, 0.3) is 5.69 Å². The Labute approximate surface area is 210 Å². The van der Waals surface area contributed by atoms with Gasteiger partial charge in [-0.3, -0.25) is 14.9 Å².